The summed E-state index contributed by atoms with van der Waals surface area (Å²) in [4.78, 5) is 2.41. The number of para-hydroxylation sites is 1. The largest absolute Gasteiger partial charge is 0.497 e. The summed E-state index contributed by atoms with van der Waals surface area (Å²) in [7, 11) is 1.60. The number of methoxy groups -OCH3 is 1. The summed E-state index contributed by atoms with van der Waals surface area (Å²) in [5, 5.41) is 14.6. The maximum absolute atomic E-state index is 9.78. The number of rotatable bonds is 7. The summed E-state index contributed by atoms with van der Waals surface area (Å²) in [5.74, 6) is 1.44. The lowest BCUT2D eigenvalue weighted by Crippen LogP contribution is -2.25. The highest BCUT2D eigenvalue weighted by Crippen LogP contribution is 2.30. The standard InChI is InChI=1S/C23H23N3O3/c1-27-19-8-9-22-20(15-19)23(25-29-22)18(16-24)14-17-6-2-3-7-21(17)28-13-12-26-10-4-5-11-26/h2-3,6-9,14-15H,4-5,10-13H2,1H3/b18-14+. The molecule has 2 heterocycles. The normalized spacial score (nSPS) is 14.8. The van der Waals surface area contributed by atoms with E-state index >= 15 is 0 Å². The van der Waals surface area contributed by atoms with Gasteiger partial charge in [-0.15, -0.1) is 0 Å². The monoisotopic (exact) mass is 389 g/mol. The van der Waals surface area contributed by atoms with Crippen molar-refractivity contribution in [2.24, 2.45) is 0 Å². The van der Waals surface area contributed by atoms with E-state index in [-0.39, 0.29) is 0 Å². The van der Waals surface area contributed by atoms with E-state index in [1.807, 2.05) is 30.3 Å². The van der Waals surface area contributed by atoms with E-state index in [0.717, 1.165) is 36.3 Å². The van der Waals surface area contributed by atoms with Crippen molar-refractivity contribution in [3.63, 3.8) is 0 Å². The van der Waals surface area contributed by atoms with Gasteiger partial charge >= 0.3 is 0 Å². The van der Waals surface area contributed by atoms with Crippen molar-refractivity contribution < 1.29 is 14.0 Å². The average Bonchev–Trinajstić information content (AvgIpc) is 3.42. The average molecular weight is 389 g/mol. The number of nitrogens with zero attached hydrogens (tertiary/aromatic N) is 3. The third kappa shape index (κ3) is 4.25. The van der Waals surface area contributed by atoms with Crippen LogP contribution in [0.2, 0.25) is 0 Å². The van der Waals surface area contributed by atoms with Crippen molar-refractivity contribution in [2.75, 3.05) is 33.4 Å². The van der Waals surface area contributed by atoms with Gasteiger partial charge in [0.1, 0.15) is 29.9 Å². The minimum atomic E-state index is 0.410. The molecule has 0 bridgehead atoms. The zero-order valence-corrected chi connectivity index (χ0v) is 16.4. The third-order valence-electron chi connectivity index (χ3n) is 5.14. The summed E-state index contributed by atoms with van der Waals surface area (Å²) in [6.07, 6.45) is 4.32. The van der Waals surface area contributed by atoms with Crippen molar-refractivity contribution in [1.82, 2.24) is 10.1 Å². The first-order valence-corrected chi connectivity index (χ1v) is 9.78. The number of ether oxygens (including phenoxy) is 2. The Hall–Kier alpha value is -3.30. The van der Waals surface area contributed by atoms with Crippen LogP contribution < -0.4 is 9.47 Å². The quantitative estimate of drug-likeness (QED) is 0.559. The van der Waals surface area contributed by atoms with Gasteiger partial charge in [-0.05, 0) is 56.3 Å². The van der Waals surface area contributed by atoms with Gasteiger partial charge in [0.25, 0.3) is 0 Å². The van der Waals surface area contributed by atoms with Crippen LogP contribution in [-0.4, -0.2) is 43.4 Å². The molecule has 1 aliphatic rings. The molecular weight excluding hydrogens is 366 g/mol. The number of allylic oxidation sites excluding steroid dienone is 1. The first-order chi connectivity index (χ1) is 14.3. The van der Waals surface area contributed by atoms with Crippen molar-refractivity contribution in [3.8, 4) is 17.6 Å². The summed E-state index contributed by atoms with van der Waals surface area (Å²) in [6.45, 7) is 3.83. The van der Waals surface area contributed by atoms with Crippen LogP contribution in [0.5, 0.6) is 11.5 Å². The molecule has 29 heavy (non-hydrogen) atoms. The lowest BCUT2D eigenvalue weighted by molar-refractivity contribution is 0.237. The van der Waals surface area contributed by atoms with Crippen LogP contribution in [0.1, 0.15) is 24.1 Å². The Bertz CT molecular complexity index is 1060. The Morgan fingerprint density at radius 1 is 1.24 bits per heavy atom. The van der Waals surface area contributed by atoms with Crippen LogP contribution in [0.25, 0.3) is 22.6 Å². The Kier molecular flexibility index (Phi) is 5.78. The molecule has 6 heteroatoms. The lowest BCUT2D eigenvalue weighted by atomic mass is 10.1. The number of hydrogen-bond donors (Lipinski definition) is 0. The summed E-state index contributed by atoms with van der Waals surface area (Å²) >= 11 is 0. The first kappa shape index (κ1) is 19.0. The van der Waals surface area contributed by atoms with E-state index in [0.29, 0.717) is 29.2 Å². The number of likely N-dealkylation sites (tertiary alicyclic amines) is 1. The fourth-order valence-corrected chi connectivity index (χ4v) is 3.57. The fourth-order valence-electron chi connectivity index (χ4n) is 3.57. The summed E-state index contributed by atoms with van der Waals surface area (Å²) < 4.78 is 16.7. The predicted octanol–water partition coefficient (Wildman–Crippen LogP) is 4.38. The van der Waals surface area contributed by atoms with Gasteiger partial charge in [0.15, 0.2) is 5.58 Å². The molecule has 148 valence electrons. The Labute approximate surface area is 169 Å². The summed E-state index contributed by atoms with van der Waals surface area (Å²) in [6, 6.07) is 15.4. The number of fused-ring (bicyclic) bond motifs is 1. The molecule has 0 aliphatic carbocycles. The number of hydrogen-bond acceptors (Lipinski definition) is 6. The van der Waals surface area contributed by atoms with Crippen molar-refractivity contribution in [3.05, 3.63) is 53.7 Å². The number of nitriles is 1. The molecule has 0 atom stereocenters. The number of benzene rings is 2. The molecule has 1 fully saturated rings. The van der Waals surface area contributed by atoms with Crippen LogP contribution >= 0.6 is 0 Å². The van der Waals surface area contributed by atoms with E-state index in [1.165, 1.54) is 12.8 Å². The number of aromatic nitrogens is 1. The van der Waals surface area contributed by atoms with E-state index in [4.69, 9.17) is 14.0 Å². The molecule has 0 radical (unpaired) electrons. The van der Waals surface area contributed by atoms with Gasteiger partial charge in [-0.2, -0.15) is 5.26 Å². The summed E-state index contributed by atoms with van der Waals surface area (Å²) in [5.41, 5.74) is 2.35. The highest BCUT2D eigenvalue weighted by atomic mass is 16.5. The third-order valence-corrected chi connectivity index (χ3v) is 5.14. The smallest absolute Gasteiger partial charge is 0.167 e. The Morgan fingerprint density at radius 3 is 2.86 bits per heavy atom. The molecule has 0 spiro atoms. The Morgan fingerprint density at radius 2 is 2.07 bits per heavy atom. The van der Waals surface area contributed by atoms with Crippen LogP contribution in [0.4, 0.5) is 0 Å². The molecular formula is C23H23N3O3. The zero-order valence-electron chi connectivity index (χ0n) is 16.4. The molecule has 6 nitrogen and oxygen atoms in total. The molecule has 2 aromatic carbocycles. The highest BCUT2D eigenvalue weighted by Gasteiger charge is 2.15. The molecule has 4 rings (SSSR count). The predicted molar refractivity (Wildman–Crippen MR) is 112 cm³/mol. The second-order valence-corrected chi connectivity index (χ2v) is 7.00. The van der Waals surface area contributed by atoms with Crippen LogP contribution in [-0.2, 0) is 0 Å². The molecule has 0 N–H and O–H groups in total. The maximum atomic E-state index is 9.78. The van der Waals surface area contributed by atoms with E-state index in [2.05, 4.69) is 16.1 Å². The molecule has 0 unspecified atom stereocenters. The van der Waals surface area contributed by atoms with Crippen LogP contribution in [0.15, 0.2) is 47.0 Å². The SMILES string of the molecule is COc1ccc2onc(/C(C#N)=C/c3ccccc3OCCN3CCCC3)c2c1. The maximum Gasteiger partial charge on any atom is 0.167 e. The van der Waals surface area contributed by atoms with Gasteiger partial charge in [-0.25, -0.2) is 0 Å². The topological polar surface area (TPSA) is 71.5 Å². The van der Waals surface area contributed by atoms with Crippen molar-refractivity contribution in [1.29, 1.82) is 5.26 Å². The second kappa shape index (κ2) is 8.80. The van der Waals surface area contributed by atoms with Crippen LogP contribution in [0.3, 0.4) is 0 Å². The molecule has 0 saturated carbocycles. The van der Waals surface area contributed by atoms with Gasteiger partial charge in [-0.1, -0.05) is 23.4 Å². The first-order valence-electron chi connectivity index (χ1n) is 9.78. The minimum absolute atomic E-state index is 0.410. The second-order valence-electron chi connectivity index (χ2n) is 7.00. The van der Waals surface area contributed by atoms with Crippen molar-refractivity contribution >= 4 is 22.6 Å². The lowest BCUT2D eigenvalue weighted by Gasteiger charge is -2.15. The molecule has 0 amide bonds. The molecule has 1 aliphatic heterocycles. The Balaban J connectivity index is 1.60. The zero-order chi connectivity index (χ0) is 20.1. The highest BCUT2D eigenvalue weighted by molar-refractivity contribution is 5.99. The minimum Gasteiger partial charge on any atom is -0.497 e. The van der Waals surface area contributed by atoms with Gasteiger partial charge < -0.3 is 14.0 Å². The molecule has 1 saturated heterocycles. The van der Waals surface area contributed by atoms with Crippen molar-refractivity contribution in [2.45, 2.75) is 12.8 Å². The van der Waals surface area contributed by atoms with E-state index < -0.39 is 0 Å². The molecule has 1 aromatic heterocycles. The van der Waals surface area contributed by atoms with Crippen LogP contribution in [0, 0.1) is 11.3 Å². The van der Waals surface area contributed by atoms with E-state index in [1.54, 1.807) is 25.3 Å². The van der Waals surface area contributed by atoms with Gasteiger partial charge in [0.05, 0.1) is 18.1 Å². The van der Waals surface area contributed by atoms with Gasteiger partial charge in [0, 0.05) is 12.1 Å². The van der Waals surface area contributed by atoms with E-state index in [9.17, 15) is 5.26 Å². The fraction of sp³-hybridized carbons (Fsp3) is 0.304. The molecule has 3 aromatic rings. The van der Waals surface area contributed by atoms with Gasteiger partial charge in [0.2, 0.25) is 0 Å². The van der Waals surface area contributed by atoms with Gasteiger partial charge in [-0.3, -0.25) is 4.90 Å².